The number of anilines is 1. The van der Waals surface area contributed by atoms with Crippen LogP contribution < -0.4 is 24.4 Å². The second-order valence-electron chi connectivity index (χ2n) is 20.0. The average Bonchev–Trinajstić information content (AvgIpc) is 3.92. The number of para-hydroxylation sites is 1. The molecule has 6 aromatic carbocycles. The van der Waals surface area contributed by atoms with Gasteiger partial charge in [-0.05, 0) is 114 Å². The van der Waals surface area contributed by atoms with E-state index in [0.29, 0.717) is 45.9 Å². The maximum absolute atomic E-state index is 17.1. The van der Waals surface area contributed by atoms with Crippen molar-refractivity contribution in [2.45, 2.75) is 81.3 Å². The standard InChI is InChI=1S/C63H60N4O9/c1-40(43-20-10-5-11-21-43)64-62(72)66-50-31-30-42(29-28-41-18-8-4-9-19-41)36-49(50)63(61(66)71)54(59(69)65-33-32-46-37-52(73-2)53(74-3)38-47(46)39-65)56-60(70)76-57(45-24-14-7-15-25-45)55(44-22-12-6-13-23-44)67(56)58(63)48-26-16-17-27-51(48)75-35-34-68/h5-7,10-18,20-27,30-31,36-38,40,54-58,68H,4,8-9,19,32-35,39H2,1-3H3,(H,64,72)/t40-,54-,55-,56-,57+,58+,63-/m1/s1. The molecule has 4 heterocycles. The van der Waals surface area contributed by atoms with Gasteiger partial charge in [-0.15, -0.1) is 0 Å². The molecule has 2 fully saturated rings. The first-order valence-corrected chi connectivity index (χ1v) is 26.1. The molecular weight excluding hydrogens is 957 g/mol. The summed E-state index contributed by atoms with van der Waals surface area (Å²) in [6.07, 6.45) is 5.57. The zero-order valence-electron chi connectivity index (χ0n) is 42.8. The third-order valence-electron chi connectivity index (χ3n) is 15.8. The third-order valence-corrected chi connectivity index (χ3v) is 15.8. The molecule has 1 aliphatic carbocycles. The molecule has 0 bridgehead atoms. The minimum atomic E-state index is -2.06. The number of amides is 4. The van der Waals surface area contributed by atoms with Crippen LogP contribution in [0.2, 0.25) is 0 Å². The number of methoxy groups -OCH3 is 2. The molecule has 2 N–H and O–H groups in total. The van der Waals surface area contributed by atoms with E-state index < -0.39 is 65.4 Å². The number of hydrogen-bond acceptors (Lipinski definition) is 10. The monoisotopic (exact) mass is 1020 g/mol. The van der Waals surface area contributed by atoms with Gasteiger partial charge in [-0.1, -0.05) is 127 Å². The van der Waals surface area contributed by atoms with Crippen LogP contribution in [0.1, 0.15) is 101 Å². The second kappa shape index (κ2) is 21.2. The van der Waals surface area contributed by atoms with E-state index in [4.69, 9.17) is 18.9 Å². The highest BCUT2D eigenvalue weighted by Crippen LogP contribution is 2.67. The number of nitrogens with one attached hydrogen (secondary N) is 1. The number of allylic oxidation sites excluding steroid dienone is 2. The van der Waals surface area contributed by atoms with Gasteiger partial charge in [0.2, 0.25) is 11.8 Å². The van der Waals surface area contributed by atoms with Crippen molar-refractivity contribution < 1.29 is 43.2 Å². The van der Waals surface area contributed by atoms with Gasteiger partial charge in [-0.25, -0.2) is 9.69 Å². The number of carbonyl (C=O) groups is 4. The van der Waals surface area contributed by atoms with E-state index in [1.165, 1.54) is 4.90 Å². The number of fused-ring (bicyclic) bond motifs is 4. The Hall–Kier alpha value is -8.18. The lowest BCUT2D eigenvalue weighted by atomic mass is 9.64. The van der Waals surface area contributed by atoms with E-state index in [-0.39, 0.29) is 32.0 Å². The summed E-state index contributed by atoms with van der Waals surface area (Å²) in [6.45, 7) is 1.82. The molecule has 6 aromatic rings. The summed E-state index contributed by atoms with van der Waals surface area (Å²) < 4.78 is 24.6. The fraction of sp³-hybridized carbons (Fsp3) is 0.302. The van der Waals surface area contributed by atoms with E-state index >= 15 is 19.2 Å². The number of aliphatic hydroxyl groups excluding tert-OH is 1. The van der Waals surface area contributed by atoms with Gasteiger partial charge in [0.1, 0.15) is 29.9 Å². The van der Waals surface area contributed by atoms with Gasteiger partial charge < -0.3 is 34.3 Å². The number of morpholine rings is 1. The Kier molecular flexibility index (Phi) is 14.0. The van der Waals surface area contributed by atoms with Crippen molar-refractivity contribution >= 4 is 29.5 Å². The number of cyclic esters (lactones) is 1. The lowest BCUT2D eigenvalue weighted by molar-refractivity contribution is -0.179. The zero-order valence-corrected chi connectivity index (χ0v) is 42.8. The first-order chi connectivity index (χ1) is 37.2. The highest BCUT2D eigenvalue weighted by Gasteiger charge is 2.76. The van der Waals surface area contributed by atoms with E-state index in [0.717, 1.165) is 53.5 Å². The van der Waals surface area contributed by atoms with Crippen molar-refractivity contribution in [3.63, 3.8) is 0 Å². The quantitative estimate of drug-likeness (QED) is 0.0950. The summed E-state index contributed by atoms with van der Waals surface area (Å²) in [7, 11) is 3.14. The van der Waals surface area contributed by atoms with Crippen molar-refractivity contribution in [3.05, 3.63) is 202 Å². The molecule has 1 spiro atoms. The Balaban J connectivity index is 1.20. The minimum Gasteiger partial charge on any atom is -0.493 e. The number of ether oxygens (including phenoxy) is 4. The molecule has 0 unspecified atom stereocenters. The molecule has 2 saturated heterocycles. The second-order valence-corrected chi connectivity index (χ2v) is 20.0. The third kappa shape index (κ3) is 8.75. The maximum Gasteiger partial charge on any atom is 0.329 e. The first-order valence-electron chi connectivity index (χ1n) is 26.1. The molecule has 0 aromatic heterocycles. The van der Waals surface area contributed by atoms with Crippen LogP contribution in [-0.2, 0) is 37.5 Å². The lowest BCUT2D eigenvalue weighted by Gasteiger charge is -2.46. The highest BCUT2D eigenvalue weighted by atomic mass is 16.6. The van der Waals surface area contributed by atoms with Gasteiger partial charge in [0.25, 0.3) is 0 Å². The molecule has 4 aliphatic heterocycles. The molecule has 0 radical (unpaired) electrons. The van der Waals surface area contributed by atoms with Crippen LogP contribution in [0.15, 0.2) is 157 Å². The van der Waals surface area contributed by atoms with Crippen molar-refractivity contribution in [1.29, 1.82) is 0 Å². The van der Waals surface area contributed by atoms with Crippen LogP contribution in [0.3, 0.4) is 0 Å². The fourth-order valence-corrected chi connectivity index (χ4v) is 12.4. The van der Waals surface area contributed by atoms with Crippen molar-refractivity contribution in [1.82, 2.24) is 15.1 Å². The van der Waals surface area contributed by atoms with E-state index in [1.807, 2.05) is 139 Å². The molecule has 5 aliphatic rings. The molecule has 4 amide bonds. The maximum atomic E-state index is 17.1. The van der Waals surface area contributed by atoms with Crippen LogP contribution in [0.5, 0.6) is 17.2 Å². The van der Waals surface area contributed by atoms with Crippen LogP contribution in [0, 0.1) is 17.8 Å². The van der Waals surface area contributed by atoms with Gasteiger partial charge >= 0.3 is 12.0 Å². The Morgan fingerprint density at radius 2 is 1.46 bits per heavy atom. The number of rotatable bonds is 11. The Morgan fingerprint density at radius 3 is 2.16 bits per heavy atom. The van der Waals surface area contributed by atoms with Crippen LogP contribution in [0.4, 0.5) is 10.5 Å². The van der Waals surface area contributed by atoms with Crippen molar-refractivity contribution in [3.8, 4) is 29.1 Å². The number of imide groups is 1. The Morgan fingerprint density at radius 1 is 0.776 bits per heavy atom. The summed E-state index contributed by atoms with van der Waals surface area (Å²) in [5, 5.41) is 13.4. The summed E-state index contributed by atoms with van der Waals surface area (Å²) in [6, 6.07) is 40.4. The van der Waals surface area contributed by atoms with Gasteiger partial charge in [-0.2, -0.15) is 0 Å². The SMILES string of the molecule is COc1cc2c(cc1OC)CN(C(=O)[C@H]1[C@@H]3C(=O)O[C@@H](c4ccccc4)[C@@H](c4ccccc4)N3[C@@H](c3ccccc3OCCO)[C@]13C(=O)N(C(=O)N[C@H](C)c1ccccc1)c1ccc(C#CC4=CCCCC4)cc13)CC2. The normalized spacial score (nSPS) is 23.0. The molecule has 13 heteroatoms. The molecule has 0 saturated carbocycles. The number of benzene rings is 6. The van der Waals surface area contributed by atoms with Crippen LogP contribution >= 0.6 is 0 Å². The molecule has 76 heavy (non-hydrogen) atoms. The lowest BCUT2D eigenvalue weighted by Crippen LogP contribution is -2.57. The zero-order chi connectivity index (χ0) is 52.5. The fourth-order valence-electron chi connectivity index (χ4n) is 12.4. The summed E-state index contributed by atoms with van der Waals surface area (Å²) in [5.41, 5.74) is 4.70. The summed E-state index contributed by atoms with van der Waals surface area (Å²) in [4.78, 5) is 70.1. The van der Waals surface area contributed by atoms with Crippen LogP contribution in [0.25, 0.3) is 0 Å². The van der Waals surface area contributed by atoms with Gasteiger partial charge in [0, 0.05) is 24.2 Å². The van der Waals surface area contributed by atoms with E-state index in [9.17, 15) is 5.11 Å². The number of hydrogen-bond donors (Lipinski definition) is 2. The predicted octanol–water partition coefficient (Wildman–Crippen LogP) is 9.65. The summed E-state index contributed by atoms with van der Waals surface area (Å²) in [5.74, 6) is 4.81. The van der Waals surface area contributed by atoms with Gasteiger partial charge in [0.15, 0.2) is 11.5 Å². The van der Waals surface area contributed by atoms with Gasteiger partial charge in [-0.3, -0.25) is 19.3 Å². The average molecular weight is 1020 g/mol. The van der Waals surface area contributed by atoms with Gasteiger partial charge in [0.05, 0.1) is 50.6 Å². The first kappa shape index (κ1) is 50.0. The topological polar surface area (TPSA) is 147 Å². The summed E-state index contributed by atoms with van der Waals surface area (Å²) >= 11 is 0. The minimum absolute atomic E-state index is 0.0905. The number of carbonyl (C=O) groups excluding carboxylic acids is 4. The number of aliphatic hydroxyl groups is 1. The molecule has 11 rings (SSSR count). The van der Waals surface area contributed by atoms with Crippen molar-refractivity contribution in [2.75, 3.05) is 38.9 Å². The molecular formula is C63H60N4O9. The van der Waals surface area contributed by atoms with E-state index in [1.54, 1.807) is 37.3 Å². The highest BCUT2D eigenvalue weighted by molar-refractivity contribution is 6.25. The smallest absolute Gasteiger partial charge is 0.329 e. The van der Waals surface area contributed by atoms with Crippen molar-refractivity contribution in [2.24, 2.45) is 5.92 Å². The van der Waals surface area contributed by atoms with Crippen LogP contribution in [-0.4, -0.2) is 78.7 Å². The number of nitrogens with zero attached hydrogens (tertiary/aromatic N) is 3. The number of urea groups is 1. The number of esters is 1. The Labute approximate surface area is 443 Å². The van der Waals surface area contributed by atoms with E-state index in [2.05, 4.69) is 23.2 Å². The molecule has 13 nitrogen and oxygen atoms in total. The Bertz CT molecular complexity index is 3280. The largest absolute Gasteiger partial charge is 0.493 e. The predicted molar refractivity (Wildman–Crippen MR) is 286 cm³/mol. The molecule has 386 valence electrons. The molecule has 7 atom stereocenters.